The molecule has 168 valence electrons. The van der Waals surface area contributed by atoms with E-state index in [1.807, 2.05) is 18.2 Å². The molecule has 0 aliphatic rings. The monoisotopic (exact) mass is 457 g/mol. The van der Waals surface area contributed by atoms with Crippen LogP contribution in [0.2, 0.25) is 0 Å². The first-order chi connectivity index (χ1) is 14.9. The fourth-order valence-corrected chi connectivity index (χ4v) is 3.25. The van der Waals surface area contributed by atoms with Crippen molar-refractivity contribution in [2.24, 2.45) is 5.73 Å². The maximum absolute atomic E-state index is 14.9. The molecule has 6 nitrogen and oxygen atoms in total. The second-order valence-corrected chi connectivity index (χ2v) is 6.88. The lowest BCUT2D eigenvalue weighted by Crippen LogP contribution is -2.30. The van der Waals surface area contributed by atoms with Crippen molar-refractivity contribution >= 4 is 24.1 Å². The van der Waals surface area contributed by atoms with Crippen LogP contribution in [0.1, 0.15) is 22.8 Å². The van der Waals surface area contributed by atoms with Crippen molar-refractivity contribution in [3.63, 3.8) is 0 Å². The predicted octanol–water partition coefficient (Wildman–Crippen LogP) is 4.21. The van der Waals surface area contributed by atoms with E-state index in [-0.39, 0.29) is 30.4 Å². The average molecular weight is 458 g/mol. The van der Waals surface area contributed by atoms with Crippen LogP contribution in [0.4, 0.5) is 4.39 Å². The van der Waals surface area contributed by atoms with Gasteiger partial charge in [0, 0.05) is 30.3 Å². The molecule has 3 rings (SSSR count). The van der Waals surface area contributed by atoms with E-state index in [2.05, 4.69) is 5.32 Å². The fraction of sp³-hybridized carbons (Fsp3) is 0.167. The number of nitrogen functional groups attached to an aromatic ring is 1. The lowest BCUT2D eigenvalue weighted by atomic mass is 10.00. The van der Waals surface area contributed by atoms with E-state index in [0.29, 0.717) is 16.9 Å². The summed E-state index contributed by atoms with van der Waals surface area (Å²) in [4.78, 5) is 12.7. The van der Waals surface area contributed by atoms with Gasteiger partial charge in [-0.05, 0) is 23.3 Å². The van der Waals surface area contributed by atoms with Crippen LogP contribution in [0.25, 0.3) is 11.1 Å². The summed E-state index contributed by atoms with van der Waals surface area (Å²) in [6.45, 7) is 0.234. The van der Waals surface area contributed by atoms with Crippen molar-refractivity contribution in [3.05, 3.63) is 89.2 Å². The number of nitrogens with one attached hydrogen (secondary N) is 2. The molecule has 0 aliphatic heterocycles. The summed E-state index contributed by atoms with van der Waals surface area (Å²) in [6, 6.07) is 18.9. The number of methoxy groups -OCH3 is 2. The second-order valence-electron chi connectivity index (χ2n) is 6.88. The molecule has 0 aliphatic carbocycles. The van der Waals surface area contributed by atoms with E-state index in [4.69, 9.17) is 20.6 Å². The third-order valence-electron chi connectivity index (χ3n) is 4.91. The molecule has 4 N–H and O–H groups in total. The van der Waals surface area contributed by atoms with Crippen LogP contribution >= 0.6 is 12.4 Å². The molecule has 0 spiro atoms. The molecule has 8 heteroatoms. The minimum absolute atomic E-state index is 0. The Morgan fingerprint density at radius 2 is 1.78 bits per heavy atom. The van der Waals surface area contributed by atoms with E-state index in [1.54, 1.807) is 49.6 Å². The number of carbonyl (C=O) groups excluding carboxylic acids is 1. The Kier molecular flexibility index (Phi) is 8.75. The Morgan fingerprint density at radius 3 is 2.38 bits per heavy atom. The zero-order valence-corrected chi connectivity index (χ0v) is 18.5. The van der Waals surface area contributed by atoms with Crippen molar-refractivity contribution in [2.75, 3.05) is 14.2 Å². The number of ether oxygens (including phenoxy) is 2. The third-order valence-corrected chi connectivity index (χ3v) is 4.91. The van der Waals surface area contributed by atoms with Gasteiger partial charge in [0.1, 0.15) is 17.4 Å². The summed E-state index contributed by atoms with van der Waals surface area (Å²) in [7, 11) is 2.92. The highest BCUT2D eigenvalue weighted by Gasteiger charge is 2.24. The molecular weight excluding hydrogens is 433 g/mol. The van der Waals surface area contributed by atoms with Crippen molar-refractivity contribution in [2.45, 2.75) is 12.6 Å². The molecule has 0 heterocycles. The van der Waals surface area contributed by atoms with E-state index in [1.165, 1.54) is 13.2 Å². The van der Waals surface area contributed by atoms with Crippen LogP contribution in [0.5, 0.6) is 5.75 Å². The van der Waals surface area contributed by atoms with Gasteiger partial charge in [-0.25, -0.2) is 4.39 Å². The number of para-hydroxylation sites is 1. The fourth-order valence-electron chi connectivity index (χ4n) is 3.25. The summed E-state index contributed by atoms with van der Waals surface area (Å²) in [5, 5.41) is 10.2. The molecule has 32 heavy (non-hydrogen) atoms. The predicted molar refractivity (Wildman–Crippen MR) is 125 cm³/mol. The van der Waals surface area contributed by atoms with Gasteiger partial charge in [0.05, 0.1) is 7.11 Å². The van der Waals surface area contributed by atoms with Crippen molar-refractivity contribution in [3.8, 4) is 16.9 Å². The number of hydrogen-bond donors (Lipinski definition) is 3. The molecular formula is C24H25ClFN3O3. The molecule has 1 amide bonds. The number of nitrogens with two attached hydrogens (primary N) is 1. The molecule has 0 bridgehead atoms. The Morgan fingerprint density at radius 1 is 1.09 bits per heavy atom. The van der Waals surface area contributed by atoms with Gasteiger partial charge in [0.2, 0.25) is 0 Å². The van der Waals surface area contributed by atoms with E-state index in [0.717, 1.165) is 11.1 Å². The summed E-state index contributed by atoms with van der Waals surface area (Å²) < 4.78 is 25.5. The summed E-state index contributed by atoms with van der Waals surface area (Å²) in [6.07, 6.45) is -1.09. The van der Waals surface area contributed by atoms with Crippen molar-refractivity contribution in [1.29, 1.82) is 5.41 Å². The van der Waals surface area contributed by atoms with Gasteiger partial charge in [-0.2, -0.15) is 0 Å². The summed E-state index contributed by atoms with van der Waals surface area (Å²) in [5.74, 6) is -0.396. The van der Waals surface area contributed by atoms with Crippen LogP contribution in [0.15, 0.2) is 66.7 Å². The SMILES string of the molecule is COc1ccccc1-c1ccc([C@H](OC)C(=O)NCc2ccc(C(=N)N)cc2)c(F)c1.Cl. The van der Waals surface area contributed by atoms with Gasteiger partial charge in [-0.15, -0.1) is 12.4 Å². The number of halogens is 2. The standard InChI is InChI=1S/C24H24FN3O3.ClH/c1-30-21-6-4-3-5-18(21)17-11-12-19(20(25)13-17)22(31-2)24(29)28-14-15-7-9-16(10-8-15)23(26)27;/h3-13,22H,14H2,1-2H3,(H3,26,27)(H,28,29);1H/t22-;/m0./s1. The van der Waals surface area contributed by atoms with Gasteiger partial charge < -0.3 is 20.5 Å². The van der Waals surface area contributed by atoms with Crippen LogP contribution in [-0.4, -0.2) is 26.0 Å². The van der Waals surface area contributed by atoms with Gasteiger partial charge in [-0.1, -0.05) is 54.6 Å². The number of amidine groups is 1. The Labute approximate surface area is 192 Å². The molecule has 3 aromatic carbocycles. The summed E-state index contributed by atoms with van der Waals surface area (Å²) >= 11 is 0. The highest BCUT2D eigenvalue weighted by atomic mass is 35.5. The van der Waals surface area contributed by atoms with Gasteiger partial charge in [-0.3, -0.25) is 10.2 Å². The Balaban J connectivity index is 0.00000363. The summed E-state index contributed by atoms with van der Waals surface area (Å²) in [5.41, 5.74) is 8.39. The normalized spacial score (nSPS) is 11.2. The molecule has 0 saturated heterocycles. The number of hydrogen-bond acceptors (Lipinski definition) is 4. The first kappa shape index (κ1) is 24.8. The zero-order valence-electron chi connectivity index (χ0n) is 17.7. The smallest absolute Gasteiger partial charge is 0.254 e. The maximum Gasteiger partial charge on any atom is 0.254 e. The first-order valence-electron chi connectivity index (χ1n) is 9.61. The molecule has 0 saturated carbocycles. The number of rotatable bonds is 8. The molecule has 3 aromatic rings. The quantitative estimate of drug-likeness (QED) is 0.348. The lowest BCUT2D eigenvalue weighted by molar-refractivity contribution is -0.131. The highest BCUT2D eigenvalue weighted by Crippen LogP contribution is 2.32. The number of amides is 1. The van der Waals surface area contributed by atoms with E-state index in [9.17, 15) is 9.18 Å². The van der Waals surface area contributed by atoms with Crippen LogP contribution in [0.3, 0.4) is 0 Å². The van der Waals surface area contributed by atoms with Crippen LogP contribution in [-0.2, 0) is 16.1 Å². The number of carbonyl (C=O) groups is 1. The molecule has 0 fully saturated rings. The number of benzene rings is 3. The Bertz CT molecular complexity index is 1090. The minimum Gasteiger partial charge on any atom is -0.496 e. The first-order valence-corrected chi connectivity index (χ1v) is 9.61. The molecule has 1 atom stereocenters. The van der Waals surface area contributed by atoms with Crippen molar-refractivity contribution in [1.82, 2.24) is 5.32 Å². The van der Waals surface area contributed by atoms with E-state index < -0.39 is 17.8 Å². The minimum atomic E-state index is -1.09. The highest BCUT2D eigenvalue weighted by molar-refractivity contribution is 5.94. The zero-order chi connectivity index (χ0) is 22.4. The Hall–Kier alpha value is -3.42. The lowest BCUT2D eigenvalue weighted by Gasteiger charge is -2.17. The van der Waals surface area contributed by atoms with Gasteiger partial charge in [0.15, 0.2) is 6.10 Å². The average Bonchev–Trinajstić information content (AvgIpc) is 2.79. The molecule has 0 aromatic heterocycles. The van der Waals surface area contributed by atoms with Crippen LogP contribution in [0, 0.1) is 11.2 Å². The largest absolute Gasteiger partial charge is 0.496 e. The van der Waals surface area contributed by atoms with Gasteiger partial charge in [0.25, 0.3) is 5.91 Å². The second kappa shape index (κ2) is 11.3. The van der Waals surface area contributed by atoms with E-state index >= 15 is 0 Å². The molecule has 0 radical (unpaired) electrons. The van der Waals surface area contributed by atoms with Crippen LogP contribution < -0.4 is 15.8 Å². The third kappa shape index (κ3) is 5.63. The maximum atomic E-state index is 14.9. The molecule has 0 unspecified atom stereocenters. The van der Waals surface area contributed by atoms with Gasteiger partial charge >= 0.3 is 0 Å². The van der Waals surface area contributed by atoms with Crippen molar-refractivity contribution < 1.29 is 18.7 Å². The topological polar surface area (TPSA) is 97.4 Å².